The number of benzene rings is 2. The summed E-state index contributed by atoms with van der Waals surface area (Å²) in [5.74, 6) is 0.475. The number of nitrogens with zero attached hydrogens (tertiary/aromatic N) is 2. The molecule has 1 heterocycles. The molecule has 0 atom stereocenters. The van der Waals surface area contributed by atoms with Gasteiger partial charge in [0.25, 0.3) is 0 Å². The van der Waals surface area contributed by atoms with Crippen molar-refractivity contribution in [2.45, 2.75) is 5.75 Å². The second-order valence-corrected chi connectivity index (χ2v) is 8.10. The van der Waals surface area contributed by atoms with E-state index >= 15 is 0 Å². The fraction of sp³-hybridized carbons (Fsp3) is 0.0500. The van der Waals surface area contributed by atoms with E-state index < -0.39 is 10.6 Å². The van der Waals surface area contributed by atoms with Crippen LogP contribution in [0.2, 0.25) is 0 Å². The van der Waals surface area contributed by atoms with Crippen molar-refractivity contribution in [2.75, 3.05) is 5.32 Å². The number of rotatable bonds is 7. The lowest BCUT2D eigenvalue weighted by atomic mass is 10.2. The van der Waals surface area contributed by atoms with Crippen LogP contribution in [0.5, 0.6) is 0 Å². The minimum atomic E-state index is -0.605. The third-order valence-corrected chi connectivity index (χ3v) is 5.88. The first kappa shape index (κ1) is 21.5. The molecule has 148 valence electrons. The molecule has 5 nitrogen and oxygen atoms in total. The molecule has 0 aliphatic heterocycles. The summed E-state index contributed by atoms with van der Waals surface area (Å²) < 4.78 is -0.381. The normalized spacial score (nSPS) is 11.7. The van der Waals surface area contributed by atoms with E-state index in [4.69, 9.17) is 34.8 Å². The number of halogens is 3. The SMILES string of the molecule is O=[N+]([O-])C(=C(Nc1cccc2cccnc12)SCc1ccccc1)C(Cl)=C(Cl)Cl. The van der Waals surface area contributed by atoms with Crippen molar-refractivity contribution in [1.82, 2.24) is 4.98 Å². The Labute approximate surface area is 186 Å². The lowest BCUT2D eigenvalue weighted by Gasteiger charge is -2.13. The summed E-state index contributed by atoms with van der Waals surface area (Å²) >= 11 is 18.8. The third-order valence-electron chi connectivity index (χ3n) is 3.88. The number of nitro groups is 1. The zero-order valence-electron chi connectivity index (χ0n) is 14.8. The molecule has 3 aromatic rings. The zero-order valence-corrected chi connectivity index (χ0v) is 17.9. The van der Waals surface area contributed by atoms with Gasteiger partial charge in [0.2, 0.25) is 0 Å². The van der Waals surface area contributed by atoms with Crippen molar-refractivity contribution in [2.24, 2.45) is 0 Å². The molecule has 1 N–H and O–H groups in total. The molecule has 0 saturated carbocycles. The summed E-state index contributed by atoms with van der Waals surface area (Å²) in [5, 5.41) is 15.7. The molecule has 0 fully saturated rings. The number of pyridine rings is 1. The van der Waals surface area contributed by atoms with E-state index in [2.05, 4.69) is 10.3 Å². The monoisotopic (exact) mass is 465 g/mol. The van der Waals surface area contributed by atoms with Crippen LogP contribution in [-0.2, 0) is 5.75 Å². The Morgan fingerprint density at radius 1 is 1.03 bits per heavy atom. The topological polar surface area (TPSA) is 68.1 Å². The first-order valence-electron chi connectivity index (χ1n) is 8.34. The van der Waals surface area contributed by atoms with Gasteiger partial charge in [0.1, 0.15) is 4.49 Å². The molecule has 0 spiro atoms. The van der Waals surface area contributed by atoms with E-state index in [0.29, 0.717) is 17.0 Å². The van der Waals surface area contributed by atoms with Crippen LogP contribution in [0.1, 0.15) is 5.56 Å². The standard InChI is InChI=1S/C20H14Cl3N3O2S/c21-16(19(22)23)18(26(27)28)20(29-12-13-6-2-1-3-7-13)25-15-10-4-8-14-9-5-11-24-17(14)15/h1-11,25H,12H2. The molecule has 0 aliphatic carbocycles. The van der Waals surface area contributed by atoms with Gasteiger partial charge in [-0.15, -0.1) is 0 Å². The molecule has 9 heteroatoms. The fourth-order valence-corrected chi connectivity index (χ4v) is 3.97. The molecule has 0 aliphatic rings. The maximum Gasteiger partial charge on any atom is 0.320 e. The van der Waals surface area contributed by atoms with Gasteiger partial charge in [0.05, 0.1) is 16.1 Å². The van der Waals surface area contributed by atoms with Crippen molar-refractivity contribution >= 4 is 63.2 Å². The van der Waals surface area contributed by atoms with Crippen LogP contribution in [0.3, 0.4) is 0 Å². The van der Waals surface area contributed by atoms with Gasteiger partial charge in [0, 0.05) is 17.3 Å². The number of para-hydroxylation sites is 1. The molecule has 0 radical (unpaired) electrons. The minimum absolute atomic E-state index is 0.209. The summed E-state index contributed by atoms with van der Waals surface area (Å²) in [6, 6.07) is 18.8. The number of anilines is 1. The van der Waals surface area contributed by atoms with Crippen LogP contribution < -0.4 is 5.32 Å². The summed E-state index contributed by atoms with van der Waals surface area (Å²) in [7, 11) is 0. The average Bonchev–Trinajstić information content (AvgIpc) is 2.72. The maximum atomic E-state index is 11.8. The predicted molar refractivity (Wildman–Crippen MR) is 122 cm³/mol. The van der Waals surface area contributed by atoms with Gasteiger partial charge in [-0.25, -0.2) is 0 Å². The predicted octanol–water partition coefficient (Wildman–Crippen LogP) is 6.91. The molecule has 29 heavy (non-hydrogen) atoms. The second kappa shape index (κ2) is 9.98. The van der Waals surface area contributed by atoms with Gasteiger partial charge < -0.3 is 5.32 Å². The van der Waals surface area contributed by atoms with Gasteiger partial charge >= 0.3 is 5.70 Å². The molecule has 0 bridgehead atoms. The van der Waals surface area contributed by atoms with E-state index in [1.165, 1.54) is 11.8 Å². The Kier molecular flexibility index (Phi) is 7.39. The number of aromatic nitrogens is 1. The fourth-order valence-electron chi connectivity index (χ4n) is 2.57. The van der Waals surface area contributed by atoms with E-state index in [0.717, 1.165) is 10.9 Å². The highest BCUT2D eigenvalue weighted by molar-refractivity contribution is 8.02. The lowest BCUT2D eigenvalue weighted by Crippen LogP contribution is -2.09. The number of nitrogens with one attached hydrogen (secondary N) is 1. The van der Waals surface area contributed by atoms with Crippen molar-refractivity contribution in [1.29, 1.82) is 0 Å². The number of hydrogen-bond acceptors (Lipinski definition) is 5. The third kappa shape index (κ3) is 5.42. The van der Waals surface area contributed by atoms with Gasteiger partial charge in [0.15, 0.2) is 10.1 Å². The zero-order chi connectivity index (χ0) is 20.8. The Balaban J connectivity index is 2.07. The molecule has 0 amide bonds. The smallest absolute Gasteiger partial charge is 0.320 e. The summed E-state index contributed by atoms with van der Waals surface area (Å²) in [6.45, 7) is 0. The van der Waals surface area contributed by atoms with Crippen LogP contribution in [0, 0.1) is 10.1 Å². The van der Waals surface area contributed by atoms with Gasteiger partial charge in [-0.3, -0.25) is 15.1 Å². The average molecular weight is 467 g/mol. The first-order valence-corrected chi connectivity index (χ1v) is 10.5. The summed E-state index contributed by atoms with van der Waals surface area (Å²) in [5.41, 5.74) is 1.87. The second-order valence-electron chi connectivity index (χ2n) is 5.79. The van der Waals surface area contributed by atoms with Gasteiger partial charge in [-0.05, 0) is 17.7 Å². The Morgan fingerprint density at radius 3 is 2.45 bits per heavy atom. The Morgan fingerprint density at radius 2 is 1.76 bits per heavy atom. The van der Waals surface area contributed by atoms with Crippen molar-refractivity contribution in [3.8, 4) is 0 Å². The number of allylic oxidation sites excluding steroid dienone is 1. The molecular weight excluding hydrogens is 453 g/mol. The van der Waals surface area contributed by atoms with Crippen LogP contribution in [0.25, 0.3) is 10.9 Å². The van der Waals surface area contributed by atoms with Gasteiger partial charge in [-0.1, -0.05) is 95.1 Å². The van der Waals surface area contributed by atoms with Crippen LogP contribution in [0.4, 0.5) is 5.69 Å². The Bertz CT molecular complexity index is 1100. The molecule has 0 saturated heterocycles. The van der Waals surface area contributed by atoms with Crippen LogP contribution in [0.15, 0.2) is 87.1 Å². The quantitative estimate of drug-likeness (QED) is 0.233. The minimum Gasteiger partial charge on any atom is -0.343 e. The molecule has 0 unspecified atom stereocenters. The van der Waals surface area contributed by atoms with Crippen molar-refractivity contribution < 1.29 is 4.92 Å². The van der Waals surface area contributed by atoms with E-state index in [1.807, 2.05) is 54.6 Å². The highest BCUT2D eigenvalue weighted by Gasteiger charge is 2.26. The van der Waals surface area contributed by atoms with Gasteiger partial charge in [-0.2, -0.15) is 0 Å². The highest BCUT2D eigenvalue weighted by Crippen LogP contribution is 2.35. The van der Waals surface area contributed by atoms with E-state index in [1.54, 1.807) is 12.3 Å². The number of hydrogen-bond donors (Lipinski definition) is 1. The molecular formula is C20H14Cl3N3O2S. The van der Waals surface area contributed by atoms with Crippen LogP contribution >= 0.6 is 46.6 Å². The van der Waals surface area contributed by atoms with Crippen molar-refractivity contribution in [3.05, 3.63) is 103 Å². The first-order chi connectivity index (χ1) is 14.0. The Hall–Kier alpha value is -2.25. The summed E-state index contributed by atoms with van der Waals surface area (Å²) in [6.07, 6.45) is 1.66. The van der Waals surface area contributed by atoms with E-state index in [9.17, 15) is 10.1 Å². The largest absolute Gasteiger partial charge is 0.343 e. The van der Waals surface area contributed by atoms with Crippen LogP contribution in [-0.4, -0.2) is 9.91 Å². The molecule has 1 aromatic heterocycles. The molecule has 2 aromatic carbocycles. The lowest BCUT2D eigenvalue weighted by molar-refractivity contribution is -0.420. The highest BCUT2D eigenvalue weighted by atomic mass is 35.5. The maximum absolute atomic E-state index is 11.8. The summed E-state index contributed by atoms with van der Waals surface area (Å²) in [4.78, 5) is 15.6. The number of fused-ring (bicyclic) bond motifs is 1. The molecule has 3 rings (SSSR count). The van der Waals surface area contributed by atoms with E-state index in [-0.39, 0.29) is 14.6 Å². The van der Waals surface area contributed by atoms with Crippen molar-refractivity contribution in [3.63, 3.8) is 0 Å². The number of thioether (sulfide) groups is 1.